The molecule has 0 radical (unpaired) electrons. The first-order chi connectivity index (χ1) is 9.38. The standard InChI is InChI=1S/C16H19BrN2O/c1-10-6-11(2)16(12(3)7-10)14(18)9-19-8-13(17)4-5-15(19)20/h4-8,14H,9,18H2,1-3H3. The molecule has 2 aromatic rings. The van der Waals surface area contributed by atoms with Crippen LogP contribution in [0.2, 0.25) is 0 Å². The molecule has 0 amide bonds. The third kappa shape index (κ3) is 3.19. The maximum Gasteiger partial charge on any atom is 0.250 e. The van der Waals surface area contributed by atoms with Crippen LogP contribution >= 0.6 is 15.9 Å². The van der Waals surface area contributed by atoms with E-state index in [2.05, 4.69) is 48.8 Å². The highest BCUT2D eigenvalue weighted by atomic mass is 79.9. The van der Waals surface area contributed by atoms with E-state index in [4.69, 9.17) is 5.73 Å². The molecule has 0 aliphatic heterocycles. The van der Waals surface area contributed by atoms with Gasteiger partial charge in [-0.3, -0.25) is 4.79 Å². The summed E-state index contributed by atoms with van der Waals surface area (Å²) in [7, 11) is 0. The number of nitrogens with zero attached hydrogens (tertiary/aromatic N) is 1. The highest BCUT2D eigenvalue weighted by molar-refractivity contribution is 9.10. The summed E-state index contributed by atoms with van der Waals surface area (Å²) in [5.74, 6) is 0. The van der Waals surface area contributed by atoms with Gasteiger partial charge in [0, 0.05) is 29.3 Å². The second kappa shape index (κ2) is 5.94. The van der Waals surface area contributed by atoms with Crippen molar-refractivity contribution < 1.29 is 0 Å². The summed E-state index contributed by atoms with van der Waals surface area (Å²) in [6.45, 7) is 6.69. The highest BCUT2D eigenvalue weighted by Gasteiger charge is 2.13. The summed E-state index contributed by atoms with van der Waals surface area (Å²) in [4.78, 5) is 11.8. The Labute approximate surface area is 127 Å². The van der Waals surface area contributed by atoms with E-state index in [1.54, 1.807) is 22.9 Å². The zero-order chi connectivity index (χ0) is 14.9. The van der Waals surface area contributed by atoms with E-state index >= 15 is 0 Å². The Kier molecular flexibility index (Phi) is 4.45. The predicted octanol–water partition coefficient (Wildman–Crippen LogP) is 3.24. The predicted molar refractivity (Wildman–Crippen MR) is 86.0 cm³/mol. The van der Waals surface area contributed by atoms with Crippen molar-refractivity contribution in [1.82, 2.24) is 4.57 Å². The molecule has 0 aliphatic rings. The van der Waals surface area contributed by atoms with Crippen LogP contribution in [0, 0.1) is 20.8 Å². The number of rotatable bonds is 3. The second-order valence-corrected chi connectivity index (χ2v) is 6.17. The van der Waals surface area contributed by atoms with Crippen molar-refractivity contribution in [3.8, 4) is 0 Å². The van der Waals surface area contributed by atoms with E-state index < -0.39 is 0 Å². The number of hydrogen-bond acceptors (Lipinski definition) is 2. The molecule has 4 heteroatoms. The second-order valence-electron chi connectivity index (χ2n) is 5.26. The van der Waals surface area contributed by atoms with Crippen molar-refractivity contribution in [2.24, 2.45) is 5.73 Å². The van der Waals surface area contributed by atoms with Crippen LogP contribution in [0.15, 0.2) is 39.7 Å². The van der Waals surface area contributed by atoms with E-state index in [-0.39, 0.29) is 11.6 Å². The largest absolute Gasteiger partial charge is 0.322 e. The molecule has 0 saturated heterocycles. The van der Waals surface area contributed by atoms with E-state index in [0.717, 1.165) is 10.0 Å². The fourth-order valence-corrected chi connectivity index (χ4v) is 3.10. The van der Waals surface area contributed by atoms with Gasteiger partial charge in [-0.15, -0.1) is 0 Å². The van der Waals surface area contributed by atoms with Crippen LogP contribution in [-0.4, -0.2) is 4.57 Å². The normalized spacial score (nSPS) is 12.4. The zero-order valence-corrected chi connectivity index (χ0v) is 13.6. The molecule has 20 heavy (non-hydrogen) atoms. The maximum absolute atomic E-state index is 11.8. The third-order valence-electron chi connectivity index (χ3n) is 3.45. The minimum absolute atomic E-state index is 0.0360. The van der Waals surface area contributed by atoms with Crippen LogP contribution < -0.4 is 11.3 Å². The molecule has 1 unspecified atom stereocenters. The van der Waals surface area contributed by atoms with E-state index in [1.165, 1.54) is 16.7 Å². The van der Waals surface area contributed by atoms with Crippen molar-refractivity contribution in [3.63, 3.8) is 0 Å². The first-order valence-corrected chi connectivity index (χ1v) is 7.37. The van der Waals surface area contributed by atoms with Gasteiger partial charge in [-0.05, 0) is 59.5 Å². The van der Waals surface area contributed by atoms with Crippen molar-refractivity contribution in [2.45, 2.75) is 33.4 Å². The van der Waals surface area contributed by atoms with E-state index in [9.17, 15) is 4.79 Å². The van der Waals surface area contributed by atoms with Gasteiger partial charge in [0.05, 0.1) is 0 Å². The van der Waals surface area contributed by atoms with Crippen molar-refractivity contribution >= 4 is 15.9 Å². The van der Waals surface area contributed by atoms with Gasteiger partial charge < -0.3 is 10.3 Å². The van der Waals surface area contributed by atoms with Crippen LogP contribution in [0.25, 0.3) is 0 Å². The Balaban J connectivity index is 2.35. The average molecular weight is 335 g/mol. The lowest BCUT2D eigenvalue weighted by Crippen LogP contribution is -2.26. The Morgan fingerprint density at radius 1 is 1.20 bits per heavy atom. The minimum atomic E-state index is -0.192. The van der Waals surface area contributed by atoms with E-state index in [0.29, 0.717) is 6.54 Å². The highest BCUT2D eigenvalue weighted by Crippen LogP contribution is 2.23. The molecule has 3 nitrogen and oxygen atoms in total. The molecular formula is C16H19BrN2O. The molecule has 1 atom stereocenters. The number of hydrogen-bond donors (Lipinski definition) is 1. The number of aromatic nitrogens is 1. The average Bonchev–Trinajstić information content (AvgIpc) is 2.32. The molecule has 0 aliphatic carbocycles. The Hall–Kier alpha value is -1.39. The van der Waals surface area contributed by atoms with Gasteiger partial charge in [-0.2, -0.15) is 0 Å². The molecule has 1 aromatic carbocycles. The summed E-state index contributed by atoms with van der Waals surface area (Å²) >= 11 is 3.38. The molecule has 0 saturated carbocycles. The zero-order valence-electron chi connectivity index (χ0n) is 12.0. The smallest absolute Gasteiger partial charge is 0.250 e. The van der Waals surface area contributed by atoms with Crippen molar-refractivity contribution in [1.29, 1.82) is 0 Å². The Bertz CT molecular complexity index is 668. The number of nitrogens with two attached hydrogens (primary N) is 1. The maximum atomic E-state index is 11.8. The lowest BCUT2D eigenvalue weighted by molar-refractivity contribution is 0.556. The number of benzene rings is 1. The van der Waals surface area contributed by atoms with Crippen molar-refractivity contribution in [2.75, 3.05) is 0 Å². The van der Waals surface area contributed by atoms with Gasteiger partial charge in [-0.25, -0.2) is 0 Å². The fourth-order valence-electron chi connectivity index (χ4n) is 2.72. The van der Waals surface area contributed by atoms with Gasteiger partial charge in [0.1, 0.15) is 0 Å². The molecule has 1 heterocycles. The lowest BCUT2D eigenvalue weighted by atomic mass is 9.94. The van der Waals surface area contributed by atoms with Crippen molar-refractivity contribution in [3.05, 3.63) is 67.5 Å². The van der Waals surface area contributed by atoms with Gasteiger partial charge in [-0.1, -0.05) is 17.7 Å². The van der Waals surface area contributed by atoms with Crippen LogP contribution in [-0.2, 0) is 6.54 Å². The fraction of sp³-hybridized carbons (Fsp3) is 0.312. The Morgan fingerprint density at radius 3 is 2.40 bits per heavy atom. The van der Waals surface area contributed by atoms with Gasteiger partial charge in [0.2, 0.25) is 0 Å². The summed E-state index contributed by atoms with van der Waals surface area (Å²) in [6.07, 6.45) is 1.78. The molecule has 106 valence electrons. The monoisotopic (exact) mass is 334 g/mol. The van der Waals surface area contributed by atoms with Gasteiger partial charge in [0.15, 0.2) is 0 Å². The Morgan fingerprint density at radius 2 is 1.80 bits per heavy atom. The topological polar surface area (TPSA) is 48.0 Å². The minimum Gasteiger partial charge on any atom is -0.322 e. The molecule has 0 spiro atoms. The van der Waals surface area contributed by atoms with Crippen LogP contribution in [0.1, 0.15) is 28.3 Å². The molecule has 2 rings (SSSR count). The summed E-state index contributed by atoms with van der Waals surface area (Å²) < 4.78 is 2.52. The van der Waals surface area contributed by atoms with E-state index in [1.807, 2.05) is 0 Å². The SMILES string of the molecule is Cc1cc(C)c(C(N)Cn2cc(Br)ccc2=O)c(C)c1. The van der Waals surface area contributed by atoms with Crippen LogP contribution in [0.3, 0.4) is 0 Å². The molecule has 0 fully saturated rings. The third-order valence-corrected chi connectivity index (χ3v) is 3.92. The first kappa shape index (κ1) is 15.0. The number of aryl methyl sites for hydroxylation is 3. The first-order valence-electron chi connectivity index (χ1n) is 6.58. The summed E-state index contributed by atoms with van der Waals surface area (Å²) in [5.41, 5.74) is 11.0. The number of pyridine rings is 1. The van der Waals surface area contributed by atoms with Gasteiger partial charge >= 0.3 is 0 Å². The summed E-state index contributed by atoms with van der Waals surface area (Å²) in [5, 5.41) is 0. The molecule has 2 N–H and O–H groups in total. The molecule has 0 bridgehead atoms. The lowest BCUT2D eigenvalue weighted by Gasteiger charge is -2.19. The van der Waals surface area contributed by atoms with Crippen LogP contribution in [0.5, 0.6) is 0 Å². The molecule has 1 aromatic heterocycles. The summed E-state index contributed by atoms with van der Waals surface area (Å²) in [6, 6.07) is 7.36. The van der Waals surface area contributed by atoms with Crippen LogP contribution in [0.4, 0.5) is 0 Å². The van der Waals surface area contributed by atoms with Gasteiger partial charge in [0.25, 0.3) is 5.56 Å². The molecular weight excluding hydrogens is 316 g/mol. The number of halogens is 1. The quantitative estimate of drug-likeness (QED) is 0.936.